The number of pyridine rings is 1. The molecule has 0 amide bonds. The van der Waals surface area contributed by atoms with Gasteiger partial charge >= 0.3 is 0 Å². The minimum Gasteiger partial charge on any atom is -0.497 e. The van der Waals surface area contributed by atoms with Gasteiger partial charge in [0.05, 0.1) is 31.0 Å². The van der Waals surface area contributed by atoms with Crippen molar-refractivity contribution in [1.82, 2.24) is 10.3 Å². The Morgan fingerprint density at radius 3 is 2.67 bits per heavy atom. The number of nitrogens with one attached hydrogen (secondary N) is 3. The van der Waals surface area contributed by atoms with Crippen LogP contribution in [0.2, 0.25) is 0 Å². The van der Waals surface area contributed by atoms with Gasteiger partial charge in [0.25, 0.3) is 0 Å². The normalized spacial score (nSPS) is 10.2. The fourth-order valence-electron chi connectivity index (χ4n) is 2.92. The summed E-state index contributed by atoms with van der Waals surface area (Å²) in [4.78, 5) is 4.59. The van der Waals surface area contributed by atoms with Crippen molar-refractivity contribution in [2.75, 3.05) is 37.9 Å². The molecule has 0 saturated carbocycles. The molecule has 1 heterocycles. The Kier molecular flexibility index (Phi) is 6.88. The van der Waals surface area contributed by atoms with E-state index in [0.29, 0.717) is 41.1 Å². The van der Waals surface area contributed by atoms with Crippen LogP contribution in [0.5, 0.6) is 11.5 Å². The Hall–Kier alpha value is -3.57. The zero-order valence-electron chi connectivity index (χ0n) is 17.1. The summed E-state index contributed by atoms with van der Waals surface area (Å²) < 4.78 is 10.6. The number of aromatic nitrogens is 1. The molecule has 7 nitrogen and oxygen atoms in total. The molecule has 0 aliphatic heterocycles. The molecule has 0 spiro atoms. The van der Waals surface area contributed by atoms with Crippen LogP contribution in [-0.4, -0.2) is 37.4 Å². The van der Waals surface area contributed by atoms with E-state index in [2.05, 4.69) is 27.0 Å². The van der Waals surface area contributed by atoms with E-state index >= 15 is 0 Å². The lowest BCUT2D eigenvalue weighted by Crippen LogP contribution is -2.32. The van der Waals surface area contributed by atoms with Crippen LogP contribution in [0, 0.1) is 18.3 Å². The van der Waals surface area contributed by atoms with Crippen molar-refractivity contribution in [3.8, 4) is 17.6 Å². The highest BCUT2D eigenvalue weighted by Crippen LogP contribution is 2.28. The number of hydrogen-bond donors (Lipinski definition) is 3. The molecule has 0 aliphatic carbocycles. The molecular formula is C22H23N5O2S. The molecule has 0 fully saturated rings. The van der Waals surface area contributed by atoms with Crippen LogP contribution < -0.4 is 25.4 Å². The summed E-state index contributed by atoms with van der Waals surface area (Å²) in [6, 6.07) is 15.5. The van der Waals surface area contributed by atoms with Crippen molar-refractivity contribution >= 4 is 39.7 Å². The van der Waals surface area contributed by atoms with Gasteiger partial charge in [-0.05, 0) is 49.0 Å². The van der Waals surface area contributed by atoms with Crippen molar-refractivity contribution in [2.45, 2.75) is 6.92 Å². The van der Waals surface area contributed by atoms with Gasteiger partial charge in [0.2, 0.25) is 0 Å². The maximum atomic E-state index is 9.43. The lowest BCUT2D eigenvalue weighted by Gasteiger charge is -2.15. The first-order chi connectivity index (χ1) is 14.5. The van der Waals surface area contributed by atoms with Gasteiger partial charge in [-0.3, -0.25) is 0 Å². The number of rotatable bonds is 7. The molecule has 154 valence electrons. The van der Waals surface area contributed by atoms with Crippen molar-refractivity contribution in [3.05, 3.63) is 53.6 Å². The smallest absolute Gasteiger partial charge is 0.170 e. The predicted molar refractivity (Wildman–Crippen MR) is 123 cm³/mol. The molecule has 3 rings (SSSR count). The molecular weight excluding hydrogens is 398 g/mol. The fourth-order valence-corrected chi connectivity index (χ4v) is 3.13. The van der Waals surface area contributed by atoms with Gasteiger partial charge < -0.3 is 25.4 Å². The molecule has 30 heavy (non-hydrogen) atoms. The SMILES string of the molecule is COc1ccc(NC(=S)NCCNc2nc3cc(C)ccc3cc2C#N)c(OC)c1. The van der Waals surface area contributed by atoms with Gasteiger partial charge in [-0.2, -0.15) is 5.26 Å². The van der Waals surface area contributed by atoms with Gasteiger partial charge in [-0.1, -0.05) is 12.1 Å². The van der Waals surface area contributed by atoms with Gasteiger partial charge in [-0.15, -0.1) is 0 Å². The summed E-state index contributed by atoms with van der Waals surface area (Å²) in [5.74, 6) is 1.89. The van der Waals surface area contributed by atoms with Crippen LogP contribution in [0.1, 0.15) is 11.1 Å². The molecule has 2 aromatic carbocycles. The maximum absolute atomic E-state index is 9.43. The molecule has 0 aliphatic rings. The van der Waals surface area contributed by atoms with Gasteiger partial charge in [0.1, 0.15) is 23.4 Å². The lowest BCUT2D eigenvalue weighted by atomic mass is 10.1. The first-order valence-electron chi connectivity index (χ1n) is 9.36. The highest BCUT2D eigenvalue weighted by atomic mass is 32.1. The van der Waals surface area contributed by atoms with Gasteiger partial charge in [0, 0.05) is 24.5 Å². The second-order valence-corrected chi connectivity index (χ2v) is 6.97. The van der Waals surface area contributed by atoms with Crippen molar-refractivity contribution in [3.63, 3.8) is 0 Å². The van der Waals surface area contributed by atoms with Crippen molar-refractivity contribution in [1.29, 1.82) is 5.26 Å². The largest absolute Gasteiger partial charge is 0.497 e. The van der Waals surface area contributed by atoms with Gasteiger partial charge in [-0.25, -0.2) is 4.98 Å². The van der Waals surface area contributed by atoms with E-state index < -0.39 is 0 Å². The molecule has 3 aromatic rings. The van der Waals surface area contributed by atoms with E-state index in [9.17, 15) is 5.26 Å². The highest BCUT2D eigenvalue weighted by molar-refractivity contribution is 7.80. The van der Waals surface area contributed by atoms with Crippen molar-refractivity contribution in [2.24, 2.45) is 0 Å². The number of thiocarbonyl (C=S) groups is 1. The number of ether oxygens (including phenoxy) is 2. The maximum Gasteiger partial charge on any atom is 0.170 e. The molecule has 0 unspecified atom stereocenters. The number of aryl methyl sites for hydroxylation is 1. The number of methoxy groups -OCH3 is 2. The average molecular weight is 422 g/mol. The summed E-state index contributed by atoms with van der Waals surface area (Å²) in [5, 5.41) is 20.3. The molecule has 0 atom stereocenters. The third-order valence-corrected chi connectivity index (χ3v) is 4.70. The zero-order valence-corrected chi connectivity index (χ0v) is 17.9. The summed E-state index contributed by atoms with van der Waals surface area (Å²) in [7, 11) is 3.19. The predicted octanol–water partition coefficient (Wildman–Crippen LogP) is 3.83. The molecule has 0 bridgehead atoms. The van der Waals surface area contributed by atoms with E-state index in [4.69, 9.17) is 21.7 Å². The van der Waals surface area contributed by atoms with E-state index in [-0.39, 0.29) is 0 Å². The Labute approximate surface area is 181 Å². The quantitative estimate of drug-likeness (QED) is 0.392. The molecule has 1 aromatic heterocycles. The van der Waals surface area contributed by atoms with E-state index in [0.717, 1.165) is 22.2 Å². The third kappa shape index (κ3) is 5.07. The van der Waals surface area contributed by atoms with Crippen LogP contribution in [0.25, 0.3) is 10.9 Å². The van der Waals surface area contributed by atoms with Gasteiger partial charge in [0.15, 0.2) is 5.11 Å². The molecule has 8 heteroatoms. The summed E-state index contributed by atoms with van der Waals surface area (Å²) in [6.45, 7) is 3.10. The molecule has 3 N–H and O–H groups in total. The molecule has 0 saturated heterocycles. The number of hydrogen-bond acceptors (Lipinski definition) is 6. The van der Waals surface area contributed by atoms with E-state index in [1.807, 2.05) is 43.3 Å². The first-order valence-corrected chi connectivity index (χ1v) is 9.77. The van der Waals surface area contributed by atoms with E-state index in [1.54, 1.807) is 20.3 Å². The van der Waals surface area contributed by atoms with E-state index in [1.165, 1.54) is 0 Å². The van der Waals surface area contributed by atoms with Crippen LogP contribution in [-0.2, 0) is 0 Å². The topological polar surface area (TPSA) is 91.2 Å². The monoisotopic (exact) mass is 421 g/mol. The van der Waals surface area contributed by atoms with Crippen LogP contribution >= 0.6 is 12.2 Å². The Balaban J connectivity index is 1.57. The number of benzene rings is 2. The fraction of sp³-hybridized carbons (Fsp3) is 0.227. The highest BCUT2D eigenvalue weighted by Gasteiger charge is 2.08. The number of anilines is 2. The zero-order chi connectivity index (χ0) is 21.5. The number of nitriles is 1. The first kappa shape index (κ1) is 21.1. The second kappa shape index (κ2) is 9.76. The summed E-state index contributed by atoms with van der Waals surface area (Å²) in [6.07, 6.45) is 0. The lowest BCUT2D eigenvalue weighted by molar-refractivity contribution is 0.395. The Morgan fingerprint density at radius 2 is 1.93 bits per heavy atom. The average Bonchev–Trinajstić information content (AvgIpc) is 2.76. The summed E-state index contributed by atoms with van der Waals surface area (Å²) >= 11 is 5.36. The Bertz CT molecular complexity index is 1110. The van der Waals surface area contributed by atoms with Crippen LogP contribution in [0.3, 0.4) is 0 Å². The minimum absolute atomic E-state index is 0.461. The van der Waals surface area contributed by atoms with Crippen LogP contribution in [0.15, 0.2) is 42.5 Å². The van der Waals surface area contributed by atoms with Crippen molar-refractivity contribution < 1.29 is 9.47 Å². The third-order valence-electron chi connectivity index (χ3n) is 4.45. The Morgan fingerprint density at radius 1 is 1.10 bits per heavy atom. The number of nitrogens with zero attached hydrogens (tertiary/aromatic N) is 2. The standard InChI is InChI=1S/C22H23N5O2S/c1-14-4-5-15-11-16(13-23)21(26-19(15)10-14)24-8-9-25-22(30)27-18-7-6-17(28-2)12-20(18)29-3/h4-7,10-12H,8-9H2,1-3H3,(H,24,26)(H2,25,27,30). The van der Waals surface area contributed by atoms with Crippen LogP contribution in [0.4, 0.5) is 11.5 Å². The second-order valence-electron chi connectivity index (χ2n) is 6.57. The summed E-state index contributed by atoms with van der Waals surface area (Å²) in [5.41, 5.74) is 3.23. The number of fused-ring (bicyclic) bond motifs is 1. The minimum atomic E-state index is 0.461. The molecule has 0 radical (unpaired) electrons.